The number of rotatable bonds is 10. The first-order valence-corrected chi connectivity index (χ1v) is 12.6. The van der Waals surface area contributed by atoms with Crippen LogP contribution in [-0.2, 0) is 15.7 Å². The summed E-state index contributed by atoms with van der Waals surface area (Å²) in [7, 11) is -4.55. The Labute approximate surface area is 209 Å². The van der Waals surface area contributed by atoms with Crippen LogP contribution in [0.25, 0.3) is 5.65 Å². The normalized spacial score (nSPS) is 13.3. The molecule has 0 saturated heterocycles. The molecule has 3 aromatic rings. The van der Waals surface area contributed by atoms with Crippen LogP contribution in [0, 0.1) is 0 Å². The van der Waals surface area contributed by atoms with Crippen molar-refractivity contribution in [1.82, 2.24) is 19.6 Å². The predicted molar refractivity (Wildman–Crippen MR) is 118 cm³/mol. The van der Waals surface area contributed by atoms with E-state index in [-0.39, 0.29) is 28.7 Å². The molecule has 0 amide bonds. The Bertz CT molecular complexity index is 1270. The maximum Gasteiger partial charge on any atom is 0.392 e. The van der Waals surface area contributed by atoms with Crippen LogP contribution in [0.4, 0.5) is 32.3 Å². The Balaban J connectivity index is 1.86. The second kappa shape index (κ2) is 10.6. The fourth-order valence-corrected chi connectivity index (χ4v) is 5.21. The summed E-state index contributed by atoms with van der Waals surface area (Å²) < 4.78 is 101. The van der Waals surface area contributed by atoms with Crippen molar-refractivity contribution in [3.63, 3.8) is 0 Å². The zero-order valence-corrected chi connectivity index (χ0v) is 20.5. The number of methoxy groups -OCH3 is 1. The lowest BCUT2D eigenvalue weighted by atomic mass is 10.1. The maximum absolute atomic E-state index is 13.0. The molecule has 0 saturated carbocycles. The summed E-state index contributed by atoms with van der Waals surface area (Å²) in [5, 5.41) is 0.491. The lowest BCUT2D eigenvalue weighted by molar-refractivity contribution is -0.211. The summed E-state index contributed by atoms with van der Waals surface area (Å²) in [6.45, 7) is -0.913. The molecule has 18 heteroatoms. The van der Waals surface area contributed by atoms with Crippen molar-refractivity contribution >= 4 is 31.0 Å². The van der Waals surface area contributed by atoms with Crippen LogP contribution < -0.4 is 10.5 Å². The molecule has 0 radical (unpaired) electrons. The first-order chi connectivity index (χ1) is 17.0. The second-order valence-electron chi connectivity index (χ2n) is 7.72. The van der Waals surface area contributed by atoms with Crippen molar-refractivity contribution in [1.29, 1.82) is 0 Å². The van der Waals surface area contributed by atoms with Gasteiger partial charge in [0.05, 0.1) is 32.8 Å². The Kier molecular flexibility index (Phi) is 8.34. The van der Waals surface area contributed by atoms with Crippen LogP contribution in [0.5, 0.6) is 5.75 Å². The van der Waals surface area contributed by atoms with E-state index in [0.717, 1.165) is 11.8 Å². The van der Waals surface area contributed by atoms with Crippen LogP contribution >= 0.6 is 19.4 Å². The molecule has 1 aromatic carbocycles. The summed E-state index contributed by atoms with van der Waals surface area (Å²) in [5.74, 6) is 0.422. The van der Waals surface area contributed by atoms with Gasteiger partial charge in [0.1, 0.15) is 5.75 Å². The fraction of sp³-hybridized carbons (Fsp3) is 0.421. The van der Waals surface area contributed by atoms with Gasteiger partial charge in [-0.2, -0.15) is 45.9 Å². The Morgan fingerprint density at radius 2 is 1.65 bits per heavy atom. The summed E-state index contributed by atoms with van der Waals surface area (Å²) in [4.78, 5) is 27.7. The number of nitrogens with two attached hydrogens (primary N) is 1. The molecular formula is C19H20F6N5O5PS. The quantitative estimate of drug-likeness (QED) is 0.238. The summed E-state index contributed by atoms with van der Waals surface area (Å²) in [5.41, 5.74) is 6.03. The molecule has 204 valence electrons. The van der Waals surface area contributed by atoms with Gasteiger partial charge in [0.15, 0.2) is 16.1 Å². The number of anilines is 1. The molecule has 0 atom stereocenters. The third kappa shape index (κ3) is 7.47. The average Bonchev–Trinajstić information content (AvgIpc) is 3.14. The van der Waals surface area contributed by atoms with E-state index in [1.165, 1.54) is 17.8 Å². The van der Waals surface area contributed by atoms with Crippen LogP contribution in [-0.4, -0.2) is 60.8 Å². The van der Waals surface area contributed by atoms with Crippen LogP contribution in [0.1, 0.15) is 18.4 Å². The number of nitrogen functional groups attached to an aromatic ring is 1. The Hall–Kier alpha value is -2.59. The average molecular weight is 575 g/mol. The minimum atomic E-state index is -6.06. The number of hydrogen-bond donors (Lipinski definition) is 3. The van der Waals surface area contributed by atoms with E-state index >= 15 is 0 Å². The molecule has 10 nitrogen and oxygen atoms in total. The number of alkyl halides is 6. The van der Waals surface area contributed by atoms with E-state index < -0.39 is 44.7 Å². The highest BCUT2D eigenvalue weighted by molar-refractivity contribution is 7.99. The van der Waals surface area contributed by atoms with E-state index in [4.69, 9.17) is 15.2 Å². The third-order valence-electron chi connectivity index (χ3n) is 4.92. The molecule has 2 aromatic heterocycles. The van der Waals surface area contributed by atoms with E-state index in [1.807, 2.05) is 0 Å². The molecule has 0 aliphatic rings. The molecule has 0 spiro atoms. The number of halogens is 6. The standard InChI is InChI=1S/C19H20F6N5O5PS/c1-34-12-2-4-13(5-3-12)37-16-29-15(26)28-14-11(8-27-30(14)16)6-7-35-17(36(31,32)33,9-18(20,21)22)10-19(23,24)25/h2-5,8H,6-7,9-10H2,1H3,(H2,26,28)(H2,31,32,33). The lowest BCUT2D eigenvalue weighted by Crippen LogP contribution is -2.42. The smallest absolute Gasteiger partial charge is 0.392 e. The van der Waals surface area contributed by atoms with E-state index in [2.05, 4.69) is 15.1 Å². The van der Waals surface area contributed by atoms with Crippen molar-refractivity contribution in [3.8, 4) is 5.75 Å². The van der Waals surface area contributed by atoms with Gasteiger partial charge in [0.25, 0.3) is 0 Å². The minimum Gasteiger partial charge on any atom is -0.497 e. The molecule has 2 heterocycles. The largest absolute Gasteiger partial charge is 0.497 e. The van der Waals surface area contributed by atoms with Gasteiger partial charge in [-0.3, -0.25) is 4.57 Å². The third-order valence-corrected chi connectivity index (χ3v) is 7.39. The van der Waals surface area contributed by atoms with Gasteiger partial charge in [-0.1, -0.05) is 0 Å². The van der Waals surface area contributed by atoms with Gasteiger partial charge < -0.3 is 25.0 Å². The van der Waals surface area contributed by atoms with Crippen molar-refractivity contribution in [2.75, 3.05) is 19.5 Å². The molecule has 0 bridgehead atoms. The van der Waals surface area contributed by atoms with Crippen LogP contribution in [0.3, 0.4) is 0 Å². The van der Waals surface area contributed by atoms with E-state index in [1.54, 1.807) is 24.3 Å². The SMILES string of the molecule is COc1ccc(Sc2nc(N)nc3c(CCOC(CC(F)(F)F)(CC(F)(F)F)P(=O)(O)O)cnn23)cc1. The number of aromatic nitrogens is 4. The highest BCUT2D eigenvalue weighted by Gasteiger charge is 2.59. The van der Waals surface area contributed by atoms with Crippen molar-refractivity contribution in [2.45, 2.75) is 47.0 Å². The molecule has 4 N–H and O–H groups in total. The maximum atomic E-state index is 13.0. The fourth-order valence-electron chi connectivity index (χ4n) is 3.34. The van der Waals surface area contributed by atoms with E-state index in [0.29, 0.717) is 10.6 Å². The molecule has 0 unspecified atom stereocenters. The first kappa shape index (κ1) is 29.0. The Morgan fingerprint density at radius 1 is 1.05 bits per heavy atom. The summed E-state index contributed by atoms with van der Waals surface area (Å²) >= 11 is 1.14. The lowest BCUT2D eigenvalue weighted by Gasteiger charge is -2.35. The van der Waals surface area contributed by atoms with Crippen LogP contribution in [0.15, 0.2) is 40.5 Å². The van der Waals surface area contributed by atoms with Gasteiger partial charge in [0.2, 0.25) is 5.95 Å². The van der Waals surface area contributed by atoms with Crippen LogP contribution in [0.2, 0.25) is 0 Å². The monoisotopic (exact) mass is 575 g/mol. The zero-order chi connectivity index (χ0) is 27.6. The van der Waals surface area contributed by atoms with Crippen molar-refractivity contribution in [3.05, 3.63) is 36.0 Å². The number of ether oxygens (including phenoxy) is 2. The molecule has 37 heavy (non-hydrogen) atoms. The highest BCUT2D eigenvalue weighted by Crippen LogP contribution is 2.60. The summed E-state index contributed by atoms with van der Waals surface area (Å²) in [6.07, 6.45) is -14.9. The van der Waals surface area contributed by atoms with Gasteiger partial charge in [-0.25, -0.2) is 0 Å². The Morgan fingerprint density at radius 3 is 2.16 bits per heavy atom. The number of benzene rings is 1. The van der Waals surface area contributed by atoms with Gasteiger partial charge in [0, 0.05) is 16.9 Å². The highest BCUT2D eigenvalue weighted by atomic mass is 32.2. The number of hydrogen-bond acceptors (Lipinski definition) is 8. The van der Waals surface area contributed by atoms with Crippen molar-refractivity contribution in [2.24, 2.45) is 0 Å². The van der Waals surface area contributed by atoms with Gasteiger partial charge in [-0.05, 0) is 36.0 Å². The molecule has 0 fully saturated rings. The molecular weight excluding hydrogens is 555 g/mol. The van der Waals surface area contributed by atoms with Crippen molar-refractivity contribution < 1.29 is 50.2 Å². The second-order valence-corrected chi connectivity index (χ2v) is 10.7. The van der Waals surface area contributed by atoms with Gasteiger partial charge >= 0.3 is 19.9 Å². The molecule has 0 aliphatic carbocycles. The predicted octanol–water partition coefficient (Wildman–Crippen LogP) is 4.20. The number of fused-ring (bicyclic) bond motifs is 1. The molecule has 3 rings (SSSR count). The summed E-state index contributed by atoms with van der Waals surface area (Å²) in [6, 6.07) is 6.86. The number of nitrogens with zero attached hydrogens (tertiary/aromatic N) is 4. The zero-order valence-electron chi connectivity index (χ0n) is 18.8. The topological polar surface area (TPSA) is 145 Å². The minimum absolute atomic E-state index is 0.0838. The van der Waals surface area contributed by atoms with E-state index in [9.17, 15) is 40.7 Å². The molecule has 0 aliphatic heterocycles. The van der Waals surface area contributed by atoms with Gasteiger partial charge in [-0.15, -0.1) is 0 Å². The first-order valence-electron chi connectivity index (χ1n) is 10.2.